The Kier molecular flexibility index (Phi) is 3.24. The summed E-state index contributed by atoms with van der Waals surface area (Å²) in [5.74, 6) is 0.0637. The zero-order valence-electron chi connectivity index (χ0n) is 10.1. The fourth-order valence-corrected chi connectivity index (χ4v) is 2.88. The Hall–Kier alpha value is -1.10. The van der Waals surface area contributed by atoms with Gasteiger partial charge in [0.15, 0.2) is 0 Å². The number of carbonyl (C=O) groups excluding carboxylic acids is 1. The first kappa shape index (κ1) is 12.0. The Morgan fingerprint density at radius 2 is 2.06 bits per heavy atom. The van der Waals surface area contributed by atoms with Crippen molar-refractivity contribution in [2.24, 2.45) is 0 Å². The summed E-state index contributed by atoms with van der Waals surface area (Å²) in [5, 5.41) is 6.99. The molecule has 18 heavy (non-hydrogen) atoms. The minimum Gasteiger partial charge on any atom is -0.325 e. The lowest BCUT2D eigenvalue weighted by molar-refractivity contribution is -0.115. The van der Waals surface area contributed by atoms with Crippen molar-refractivity contribution < 1.29 is 4.79 Å². The third-order valence-electron chi connectivity index (χ3n) is 3.49. The van der Waals surface area contributed by atoms with Crippen molar-refractivity contribution >= 4 is 23.2 Å². The van der Waals surface area contributed by atoms with E-state index in [2.05, 4.69) is 15.5 Å². The van der Waals surface area contributed by atoms with Crippen LogP contribution in [0.1, 0.15) is 11.1 Å². The molecule has 2 N–H and O–H groups in total. The Labute approximate surface area is 111 Å². The van der Waals surface area contributed by atoms with Crippen molar-refractivity contribution in [3.63, 3.8) is 0 Å². The average molecular weight is 266 g/mol. The topological polar surface area (TPSA) is 44.4 Å². The van der Waals surface area contributed by atoms with Gasteiger partial charge in [-0.05, 0) is 23.3 Å². The predicted molar refractivity (Wildman–Crippen MR) is 71.9 cm³/mol. The molecule has 0 radical (unpaired) electrons. The molecule has 0 aliphatic carbocycles. The lowest BCUT2D eigenvalue weighted by Crippen LogP contribution is -2.42. The molecule has 5 heteroatoms. The molecule has 0 saturated carbocycles. The number of benzene rings is 1. The summed E-state index contributed by atoms with van der Waals surface area (Å²) < 4.78 is 0. The van der Waals surface area contributed by atoms with Gasteiger partial charge in [-0.1, -0.05) is 11.6 Å². The van der Waals surface area contributed by atoms with Crippen LogP contribution >= 0.6 is 11.6 Å². The number of fused-ring (bicyclic) bond motifs is 1. The van der Waals surface area contributed by atoms with Crippen LogP contribution in [-0.2, 0) is 17.8 Å². The fourth-order valence-electron chi connectivity index (χ4n) is 2.62. The minimum atomic E-state index is 0.0637. The predicted octanol–water partition coefficient (Wildman–Crippen LogP) is 1.24. The van der Waals surface area contributed by atoms with Crippen molar-refractivity contribution in [3.8, 4) is 0 Å². The second-order valence-corrected chi connectivity index (χ2v) is 5.29. The van der Waals surface area contributed by atoms with Crippen molar-refractivity contribution in [1.82, 2.24) is 10.2 Å². The van der Waals surface area contributed by atoms with Gasteiger partial charge in [-0.3, -0.25) is 9.69 Å². The molecule has 4 nitrogen and oxygen atoms in total. The maximum absolute atomic E-state index is 11.5. The molecule has 0 spiro atoms. The molecule has 0 aromatic heterocycles. The first-order valence-corrected chi connectivity index (χ1v) is 6.64. The van der Waals surface area contributed by atoms with Gasteiger partial charge in [0.25, 0.3) is 0 Å². The van der Waals surface area contributed by atoms with Crippen molar-refractivity contribution in [2.75, 3.05) is 31.5 Å². The highest BCUT2D eigenvalue weighted by Gasteiger charge is 2.22. The summed E-state index contributed by atoms with van der Waals surface area (Å²) in [6, 6.07) is 3.85. The molecule has 0 bridgehead atoms. The third kappa shape index (κ3) is 2.36. The number of hydrogen-bond donors (Lipinski definition) is 2. The van der Waals surface area contributed by atoms with Crippen molar-refractivity contribution in [3.05, 3.63) is 28.3 Å². The van der Waals surface area contributed by atoms with Crippen LogP contribution in [0.3, 0.4) is 0 Å². The van der Waals surface area contributed by atoms with E-state index < -0.39 is 0 Å². The lowest BCUT2D eigenvalue weighted by Gasteiger charge is -2.27. The second-order valence-electron chi connectivity index (χ2n) is 4.85. The van der Waals surface area contributed by atoms with Crippen LogP contribution in [-0.4, -0.2) is 37.0 Å². The number of hydrogen-bond acceptors (Lipinski definition) is 3. The summed E-state index contributed by atoms with van der Waals surface area (Å²) >= 11 is 6.12. The van der Waals surface area contributed by atoms with Crippen LogP contribution in [0.5, 0.6) is 0 Å². The van der Waals surface area contributed by atoms with Gasteiger partial charge in [-0.2, -0.15) is 0 Å². The van der Waals surface area contributed by atoms with Crippen LogP contribution in [0.25, 0.3) is 0 Å². The summed E-state index contributed by atoms with van der Waals surface area (Å²) in [5.41, 5.74) is 3.13. The van der Waals surface area contributed by atoms with E-state index in [0.717, 1.165) is 54.6 Å². The molecule has 2 aliphatic rings. The number of carbonyl (C=O) groups is 1. The van der Waals surface area contributed by atoms with Gasteiger partial charge in [0.2, 0.25) is 5.91 Å². The Balaban J connectivity index is 1.85. The largest absolute Gasteiger partial charge is 0.325 e. The summed E-state index contributed by atoms with van der Waals surface area (Å²) in [4.78, 5) is 13.9. The Morgan fingerprint density at radius 3 is 2.83 bits per heavy atom. The highest BCUT2D eigenvalue weighted by atomic mass is 35.5. The van der Waals surface area contributed by atoms with Gasteiger partial charge in [0.05, 0.1) is 6.42 Å². The maximum Gasteiger partial charge on any atom is 0.228 e. The normalized spacial score (nSPS) is 19.7. The first-order chi connectivity index (χ1) is 8.72. The molecular formula is C13H16ClN3O. The zero-order valence-corrected chi connectivity index (χ0v) is 10.9. The molecule has 0 atom stereocenters. The zero-order chi connectivity index (χ0) is 12.5. The van der Waals surface area contributed by atoms with Crippen molar-refractivity contribution in [1.29, 1.82) is 0 Å². The first-order valence-electron chi connectivity index (χ1n) is 6.26. The van der Waals surface area contributed by atoms with Crippen LogP contribution in [0.2, 0.25) is 5.02 Å². The van der Waals surface area contributed by atoms with Gasteiger partial charge in [0, 0.05) is 43.4 Å². The van der Waals surface area contributed by atoms with Crippen LogP contribution in [0.15, 0.2) is 12.1 Å². The highest BCUT2D eigenvalue weighted by molar-refractivity contribution is 6.31. The number of piperazine rings is 1. The van der Waals surface area contributed by atoms with Crippen LogP contribution < -0.4 is 10.6 Å². The Morgan fingerprint density at radius 1 is 1.28 bits per heavy atom. The SMILES string of the molecule is O=C1Cc2cc(Cl)cc(CN3CCNCC3)c2N1. The quantitative estimate of drug-likeness (QED) is 0.846. The molecule has 1 saturated heterocycles. The van der Waals surface area contributed by atoms with Gasteiger partial charge in [-0.25, -0.2) is 0 Å². The van der Waals surface area contributed by atoms with Crippen LogP contribution in [0, 0.1) is 0 Å². The van der Waals surface area contributed by atoms with E-state index >= 15 is 0 Å². The fraction of sp³-hybridized carbons (Fsp3) is 0.462. The summed E-state index contributed by atoms with van der Waals surface area (Å²) in [6.45, 7) is 4.97. The molecule has 2 aliphatic heterocycles. The molecule has 1 aromatic carbocycles. The van der Waals surface area contributed by atoms with E-state index in [0.29, 0.717) is 6.42 Å². The number of anilines is 1. The highest BCUT2D eigenvalue weighted by Crippen LogP contribution is 2.31. The average Bonchev–Trinajstić information content (AvgIpc) is 2.71. The van der Waals surface area contributed by atoms with Gasteiger partial charge in [0.1, 0.15) is 0 Å². The molecule has 96 valence electrons. The molecule has 2 heterocycles. The van der Waals surface area contributed by atoms with E-state index in [1.54, 1.807) is 0 Å². The van der Waals surface area contributed by atoms with Gasteiger partial charge < -0.3 is 10.6 Å². The van der Waals surface area contributed by atoms with E-state index in [4.69, 9.17) is 11.6 Å². The molecular weight excluding hydrogens is 250 g/mol. The molecule has 0 unspecified atom stereocenters. The smallest absolute Gasteiger partial charge is 0.228 e. The van der Waals surface area contributed by atoms with Crippen LogP contribution in [0.4, 0.5) is 5.69 Å². The summed E-state index contributed by atoms with van der Waals surface area (Å²) in [6.07, 6.45) is 0.449. The lowest BCUT2D eigenvalue weighted by atomic mass is 10.1. The molecule has 1 aromatic rings. The third-order valence-corrected chi connectivity index (χ3v) is 3.70. The Bertz CT molecular complexity index is 483. The molecule has 3 rings (SSSR count). The van der Waals surface area contributed by atoms with Crippen molar-refractivity contribution in [2.45, 2.75) is 13.0 Å². The number of nitrogens with one attached hydrogen (secondary N) is 2. The second kappa shape index (κ2) is 4.88. The number of nitrogens with zero attached hydrogens (tertiary/aromatic N) is 1. The number of amides is 1. The van der Waals surface area contributed by atoms with E-state index in [1.807, 2.05) is 12.1 Å². The maximum atomic E-state index is 11.5. The number of rotatable bonds is 2. The minimum absolute atomic E-state index is 0.0637. The molecule has 1 amide bonds. The van der Waals surface area contributed by atoms with Gasteiger partial charge >= 0.3 is 0 Å². The van der Waals surface area contributed by atoms with E-state index in [9.17, 15) is 4.79 Å². The monoisotopic (exact) mass is 265 g/mol. The number of halogens is 1. The van der Waals surface area contributed by atoms with E-state index in [1.165, 1.54) is 0 Å². The van der Waals surface area contributed by atoms with E-state index in [-0.39, 0.29) is 5.91 Å². The standard InChI is InChI=1S/C13H16ClN3O/c14-11-5-9-7-12(18)16-13(9)10(6-11)8-17-3-1-15-2-4-17/h5-6,15H,1-4,7-8H2,(H,16,18). The van der Waals surface area contributed by atoms with Gasteiger partial charge in [-0.15, -0.1) is 0 Å². The molecule has 1 fully saturated rings. The summed E-state index contributed by atoms with van der Waals surface area (Å²) in [7, 11) is 0.